The maximum Gasteiger partial charge on any atom is 0.0713 e. The Morgan fingerprint density at radius 3 is 1.58 bits per heavy atom. The van der Waals surface area contributed by atoms with Crippen LogP contribution in [0.1, 0.15) is 47.2 Å². The predicted molar refractivity (Wildman–Crippen MR) is 282 cm³/mol. The van der Waals surface area contributed by atoms with Gasteiger partial charge < -0.3 is 9.47 Å². The number of fused-ring (bicyclic) bond motifs is 6. The second-order valence-corrected chi connectivity index (χ2v) is 17.8. The van der Waals surface area contributed by atoms with Crippen LogP contribution < -0.4 is 4.90 Å². The van der Waals surface area contributed by atoms with Crippen LogP contribution in [0.15, 0.2) is 243 Å². The number of aryl methyl sites for hydroxylation is 2. The summed E-state index contributed by atoms with van der Waals surface area (Å²) >= 11 is 0. The molecule has 1 aromatic heterocycles. The van der Waals surface area contributed by atoms with E-state index in [4.69, 9.17) is 0 Å². The van der Waals surface area contributed by atoms with Crippen LogP contribution in [0.2, 0.25) is 0 Å². The Balaban J connectivity index is 1.01. The minimum atomic E-state index is -0.461. The minimum Gasteiger partial charge on any atom is -0.310 e. The van der Waals surface area contributed by atoms with Gasteiger partial charge in [0.15, 0.2) is 0 Å². The van der Waals surface area contributed by atoms with Crippen LogP contribution in [-0.2, 0) is 18.3 Å². The Bertz CT molecular complexity index is 3510. The first-order valence-electron chi connectivity index (χ1n) is 23.7. The van der Waals surface area contributed by atoms with E-state index in [1.165, 1.54) is 88.6 Å². The Morgan fingerprint density at radius 1 is 0.358 bits per heavy atom. The highest BCUT2D eigenvalue weighted by molar-refractivity contribution is 6.09. The predicted octanol–water partition coefficient (Wildman–Crippen LogP) is 17.1. The van der Waals surface area contributed by atoms with Crippen LogP contribution in [0, 0.1) is 0 Å². The van der Waals surface area contributed by atoms with Crippen molar-refractivity contribution in [1.82, 2.24) is 4.57 Å². The molecule has 0 bridgehead atoms. The number of para-hydroxylation sites is 2. The zero-order valence-corrected chi connectivity index (χ0v) is 37.9. The van der Waals surface area contributed by atoms with E-state index < -0.39 is 5.41 Å². The van der Waals surface area contributed by atoms with Gasteiger partial charge in [-0.15, -0.1) is 0 Å². The van der Waals surface area contributed by atoms with Gasteiger partial charge in [0.05, 0.1) is 16.4 Å². The van der Waals surface area contributed by atoms with Crippen molar-refractivity contribution in [2.24, 2.45) is 0 Å². The summed E-state index contributed by atoms with van der Waals surface area (Å²) in [7, 11) is 0. The topological polar surface area (TPSA) is 8.17 Å². The van der Waals surface area contributed by atoms with E-state index >= 15 is 0 Å². The molecule has 0 amide bonds. The molecule has 1 heterocycles. The lowest BCUT2D eigenvalue weighted by Crippen LogP contribution is -2.28. The highest BCUT2D eigenvalue weighted by Crippen LogP contribution is 2.57. The Hall–Kier alpha value is -8.20. The van der Waals surface area contributed by atoms with Gasteiger partial charge in [-0.05, 0) is 140 Å². The molecular formula is C65H50N2. The Morgan fingerprint density at radius 2 is 0.896 bits per heavy atom. The molecule has 0 saturated heterocycles. The molecular weight excluding hydrogens is 809 g/mol. The lowest BCUT2D eigenvalue weighted by Gasteiger charge is -2.34. The molecule has 0 N–H and O–H groups in total. The van der Waals surface area contributed by atoms with E-state index in [2.05, 4.69) is 266 Å². The summed E-state index contributed by atoms with van der Waals surface area (Å²) in [6.45, 7) is 4.53. The van der Waals surface area contributed by atoms with Crippen molar-refractivity contribution in [1.29, 1.82) is 0 Å². The van der Waals surface area contributed by atoms with Crippen LogP contribution in [0.4, 0.5) is 17.1 Å². The number of benzene rings is 10. The van der Waals surface area contributed by atoms with Crippen molar-refractivity contribution in [3.05, 3.63) is 276 Å². The summed E-state index contributed by atoms with van der Waals surface area (Å²) in [6.07, 6.45) is 1.91. The van der Waals surface area contributed by atoms with Crippen LogP contribution >= 0.6 is 0 Å². The fourth-order valence-electron chi connectivity index (χ4n) is 11.2. The van der Waals surface area contributed by atoms with Crippen molar-refractivity contribution < 1.29 is 0 Å². The van der Waals surface area contributed by atoms with Gasteiger partial charge in [0.25, 0.3) is 0 Å². The van der Waals surface area contributed by atoms with E-state index in [1.54, 1.807) is 0 Å². The van der Waals surface area contributed by atoms with Crippen LogP contribution in [0.5, 0.6) is 0 Å². The highest BCUT2D eigenvalue weighted by Gasteiger charge is 2.46. The Labute approximate surface area is 393 Å². The largest absolute Gasteiger partial charge is 0.310 e. The highest BCUT2D eigenvalue weighted by atomic mass is 15.1. The molecule has 0 radical (unpaired) electrons. The van der Waals surface area contributed by atoms with Gasteiger partial charge in [0, 0.05) is 33.5 Å². The number of anilines is 3. The van der Waals surface area contributed by atoms with Crippen molar-refractivity contribution >= 4 is 38.9 Å². The van der Waals surface area contributed by atoms with Gasteiger partial charge in [-0.25, -0.2) is 0 Å². The average molecular weight is 859 g/mol. The van der Waals surface area contributed by atoms with Gasteiger partial charge in [-0.1, -0.05) is 196 Å². The smallest absolute Gasteiger partial charge is 0.0713 e. The third kappa shape index (κ3) is 6.55. The third-order valence-electron chi connectivity index (χ3n) is 14.3. The molecule has 1 aliphatic carbocycles. The quantitative estimate of drug-likeness (QED) is 0.133. The third-order valence-corrected chi connectivity index (χ3v) is 14.3. The van der Waals surface area contributed by atoms with Crippen molar-refractivity contribution in [2.75, 3.05) is 4.90 Å². The lowest BCUT2D eigenvalue weighted by atomic mass is 9.68. The number of aromatic nitrogens is 1. The summed E-state index contributed by atoms with van der Waals surface area (Å²) in [4.78, 5) is 2.46. The number of rotatable bonds is 10. The van der Waals surface area contributed by atoms with Crippen LogP contribution in [0.25, 0.3) is 60.9 Å². The van der Waals surface area contributed by atoms with E-state index in [1.807, 2.05) is 0 Å². The molecule has 0 fully saturated rings. The number of nitrogens with zero attached hydrogens (tertiary/aromatic N) is 2. The van der Waals surface area contributed by atoms with Crippen molar-refractivity contribution in [2.45, 2.75) is 32.1 Å². The van der Waals surface area contributed by atoms with Crippen molar-refractivity contribution in [3.8, 4) is 39.1 Å². The maximum absolute atomic E-state index is 2.46. The van der Waals surface area contributed by atoms with Gasteiger partial charge >= 0.3 is 0 Å². The van der Waals surface area contributed by atoms with Crippen LogP contribution in [-0.4, -0.2) is 4.57 Å². The Kier molecular flexibility index (Phi) is 10.0. The van der Waals surface area contributed by atoms with Gasteiger partial charge in [0.1, 0.15) is 0 Å². The van der Waals surface area contributed by atoms with E-state index in [-0.39, 0.29) is 0 Å². The molecule has 2 nitrogen and oxygen atoms in total. The normalized spacial score (nSPS) is 12.6. The lowest BCUT2D eigenvalue weighted by molar-refractivity contribution is 0.768. The summed E-state index contributed by atoms with van der Waals surface area (Å²) in [5, 5.41) is 2.53. The molecule has 12 rings (SSSR count). The molecule has 2 heteroatoms. The van der Waals surface area contributed by atoms with Gasteiger partial charge in [0.2, 0.25) is 0 Å². The molecule has 67 heavy (non-hydrogen) atoms. The monoisotopic (exact) mass is 858 g/mol. The van der Waals surface area contributed by atoms with E-state index in [9.17, 15) is 0 Å². The number of hydrogen-bond donors (Lipinski definition) is 0. The molecule has 0 saturated carbocycles. The van der Waals surface area contributed by atoms with E-state index in [0.717, 1.165) is 35.6 Å². The fourth-order valence-corrected chi connectivity index (χ4v) is 11.2. The summed E-state index contributed by atoms with van der Waals surface area (Å²) in [6, 6.07) is 89.9. The zero-order chi connectivity index (χ0) is 44.9. The molecule has 1 aliphatic rings. The number of hydrogen-bond acceptors (Lipinski definition) is 1. The minimum absolute atomic E-state index is 0.461. The van der Waals surface area contributed by atoms with Crippen LogP contribution in [0.3, 0.4) is 0 Å². The first-order chi connectivity index (χ1) is 33.1. The second kappa shape index (κ2) is 16.7. The molecule has 10 aromatic carbocycles. The fraction of sp³-hybridized carbons (Fsp3) is 0.0769. The maximum atomic E-state index is 2.46. The molecule has 11 aromatic rings. The average Bonchev–Trinajstić information content (AvgIpc) is 3.90. The standard InChI is InChI=1S/C65H50N2/c1-3-45-20-11-12-27-55(45)56-40-38-53(42-46(56)4-2)66(51-36-34-47(35-37-51)48-21-19-26-52(43-48)67-63-32-17-14-29-58(63)59-30-15-18-33-64(59)67)54-39-41-62-60(44-54)57-28-13-16-31-61(57)65(62,49-22-7-5-8-23-49)50-24-9-6-10-25-50/h5-44H,3-4H2,1-2H3. The van der Waals surface area contributed by atoms with Crippen molar-refractivity contribution in [3.63, 3.8) is 0 Å². The molecule has 0 unspecified atom stereocenters. The molecule has 320 valence electrons. The van der Waals surface area contributed by atoms with Gasteiger partial charge in [-0.3, -0.25) is 0 Å². The molecule has 0 aliphatic heterocycles. The summed E-state index contributed by atoms with van der Waals surface area (Å²) in [5.41, 5.74) is 21.8. The van der Waals surface area contributed by atoms with E-state index in [0.29, 0.717) is 0 Å². The summed E-state index contributed by atoms with van der Waals surface area (Å²) < 4.78 is 2.40. The SMILES string of the molecule is CCc1ccccc1-c1ccc(N(c2ccc(-c3cccc(-n4c5ccccc5c5ccccc54)c3)cc2)c2ccc3c(c2)-c2ccccc2C3(c2ccccc2)c2ccccc2)cc1CC. The first kappa shape index (κ1) is 40.3. The van der Waals surface area contributed by atoms with Gasteiger partial charge in [-0.2, -0.15) is 0 Å². The molecule has 0 atom stereocenters. The molecule has 0 spiro atoms. The first-order valence-corrected chi connectivity index (χ1v) is 23.7. The zero-order valence-electron chi connectivity index (χ0n) is 37.9. The summed E-state index contributed by atoms with van der Waals surface area (Å²) in [5.74, 6) is 0. The second-order valence-electron chi connectivity index (χ2n) is 17.8.